The van der Waals surface area contributed by atoms with E-state index in [9.17, 15) is 5.11 Å². The Bertz CT molecular complexity index is 512. The monoisotopic (exact) mass is 284 g/mol. The molecule has 4 aliphatic carbocycles. The van der Waals surface area contributed by atoms with Crippen LogP contribution in [0.3, 0.4) is 0 Å². The van der Waals surface area contributed by atoms with Crippen molar-refractivity contribution in [2.45, 2.75) is 70.3 Å². The Morgan fingerprint density at radius 2 is 2.05 bits per heavy atom. The summed E-state index contributed by atoms with van der Waals surface area (Å²) in [5.74, 6) is 5.98. The van der Waals surface area contributed by atoms with Crippen molar-refractivity contribution in [1.29, 1.82) is 0 Å². The predicted molar refractivity (Wildman–Crippen MR) is 85.5 cm³/mol. The summed E-state index contributed by atoms with van der Waals surface area (Å²) in [6.07, 6.45) is 19.4. The van der Waals surface area contributed by atoms with Crippen molar-refractivity contribution in [3.05, 3.63) is 11.6 Å². The van der Waals surface area contributed by atoms with Gasteiger partial charge in [-0.05, 0) is 81.5 Å². The van der Waals surface area contributed by atoms with Gasteiger partial charge in [-0.1, -0.05) is 24.5 Å². The molecule has 0 bridgehead atoms. The number of allylic oxidation sites excluding steroid dienone is 2. The number of rotatable bonds is 0. The SMILES string of the molecule is C#CC1(O)CC[C@H]2[C@@H]3CCC4=CCCC[C@@H]4[C@H]3CC[C@@]21C. The summed E-state index contributed by atoms with van der Waals surface area (Å²) >= 11 is 0. The minimum Gasteiger partial charge on any atom is -0.377 e. The molecule has 3 saturated carbocycles. The molecule has 1 nitrogen and oxygen atoms in total. The molecule has 0 aliphatic heterocycles. The Morgan fingerprint density at radius 1 is 1.19 bits per heavy atom. The van der Waals surface area contributed by atoms with Crippen LogP contribution in [-0.2, 0) is 0 Å². The van der Waals surface area contributed by atoms with Crippen molar-refractivity contribution < 1.29 is 5.11 Å². The van der Waals surface area contributed by atoms with Gasteiger partial charge >= 0.3 is 0 Å². The van der Waals surface area contributed by atoms with E-state index in [4.69, 9.17) is 6.42 Å². The summed E-state index contributed by atoms with van der Waals surface area (Å²) < 4.78 is 0. The number of aliphatic hydroxyl groups is 1. The molecule has 0 heterocycles. The molecule has 21 heavy (non-hydrogen) atoms. The summed E-state index contributed by atoms with van der Waals surface area (Å²) in [6.45, 7) is 2.28. The van der Waals surface area contributed by atoms with Gasteiger partial charge in [0.1, 0.15) is 5.60 Å². The summed E-state index contributed by atoms with van der Waals surface area (Å²) in [5.41, 5.74) is 0.903. The highest BCUT2D eigenvalue weighted by Gasteiger charge is 2.61. The summed E-state index contributed by atoms with van der Waals surface area (Å²) in [5, 5.41) is 10.9. The first-order valence-electron chi connectivity index (χ1n) is 8.98. The second kappa shape index (κ2) is 4.63. The summed E-state index contributed by atoms with van der Waals surface area (Å²) in [6, 6.07) is 0. The van der Waals surface area contributed by atoms with Gasteiger partial charge in [0, 0.05) is 5.41 Å². The highest BCUT2D eigenvalue weighted by atomic mass is 16.3. The molecule has 0 amide bonds. The highest BCUT2D eigenvalue weighted by Crippen LogP contribution is 2.64. The van der Waals surface area contributed by atoms with Gasteiger partial charge in [0.2, 0.25) is 0 Å². The van der Waals surface area contributed by atoms with E-state index >= 15 is 0 Å². The topological polar surface area (TPSA) is 20.2 Å². The molecule has 1 N–H and O–H groups in total. The fourth-order valence-corrected chi connectivity index (χ4v) is 6.56. The number of terminal acetylenes is 1. The van der Waals surface area contributed by atoms with E-state index in [1.165, 1.54) is 38.5 Å². The second-order valence-corrected chi connectivity index (χ2v) is 8.29. The van der Waals surface area contributed by atoms with Gasteiger partial charge in [-0.15, -0.1) is 6.42 Å². The Kier molecular flexibility index (Phi) is 3.06. The van der Waals surface area contributed by atoms with E-state index in [0.29, 0.717) is 5.92 Å². The fraction of sp³-hybridized carbons (Fsp3) is 0.800. The molecule has 3 fully saturated rings. The number of hydrogen-bond acceptors (Lipinski definition) is 1. The molecular weight excluding hydrogens is 256 g/mol. The van der Waals surface area contributed by atoms with Gasteiger partial charge in [0.05, 0.1) is 0 Å². The second-order valence-electron chi connectivity index (χ2n) is 8.29. The van der Waals surface area contributed by atoms with Crippen molar-refractivity contribution in [2.75, 3.05) is 0 Å². The summed E-state index contributed by atoms with van der Waals surface area (Å²) in [7, 11) is 0. The molecule has 4 aliphatic rings. The average molecular weight is 284 g/mol. The van der Waals surface area contributed by atoms with Crippen LogP contribution in [0.4, 0.5) is 0 Å². The van der Waals surface area contributed by atoms with Crippen LogP contribution in [-0.4, -0.2) is 10.7 Å². The van der Waals surface area contributed by atoms with Crippen LogP contribution in [0.25, 0.3) is 0 Å². The van der Waals surface area contributed by atoms with Crippen LogP contribution >= 0.6 is 0 Å². The zero-order valence-corrected chi connectivity index (χ0v) is 13.3. The lowest BCUT2D eigenvalue weighted by Crippen LogP contribution is -2.52. The molecule has 0 radical (unpaired) electrons. The van der Waals surface area contributed by atoms with Crippen molar-refractivity contribution >= 4 is 0 Å². The molecule has 4 rings (SSSR count). The van der Waals surface area contributed by atoms with Crippen LogP contribution in [0.2, 0.25) is 0 Å². The van der Waals surface area contributed by atoms with Crippen LogP contribution in [0.15, 0.2) is 11.6 Å². The van der Waals surface area contributed by atoms with E-state index in [2.05, 4.69) is 18.9 Å². The molecule has 114 valence electrons. The van der Waals surface area contributed by atoms with Gasteiger partial charge in [0.25, 0.3) is 0 Å². The largest absolute Gasteiger partial charge is 0.377 e. The third-order valence-electron chi connectivity index (χ3n) is 7.77. The Labute approximate surface area is 129 Å². The number of fused-ring (bicyclic) bond motifs is 5. The van der Waals surface area contributed by atoms with Crippen molar-refractivity contribution in [2.24, 2.45) is 29.1 Å². The molecule has 0 saturated heterocycles. The molecular formula is C20H28O. The van der Waals surface area contributed by atoms with Crippen LogP contribution < -0.4 is 0 Å². The number of hydrogen-bond donors (Lipinski definition) is 1. The van der Waals surface area contributed by atoms with E-state index in [-0.39, 0.29) is 5.41 Å². The van der Waals surface area contributed by atoms with Crippen molar-refractivity contribution in [3.63, 3.8) is 0 Å². The Balaban J connectivity index is 1.66. The third-order valence-corrected chi connectivity index (χ3v) is 7.77. The van der Waals surface area contributed by atoms with Gasteiger partial charge in [-0.25, -0.2) is 0 Å². The zero-order valence-electron chi connectivity index (χ0n) is 13.3. The lowest BCUT2D eigenvalue weighted by Gasteiger charge is -2.54. The van der Waals surface area contributed by atoms with Gasteiger partial charge in [-0.3, -0.25) is 0 Å². The fourth-order valence-electron chi connectivity index (χ4n) is 6.56. The third kappa shape index (κ3) is 1.75. The Hall–Kier alpha value is -0.740. The highest BCUT2D eigenvalue weighted by molar-refractivity contribution is 5.25. The van der Waals surface area contributed by atoms with E-state index in [1.807, 2.05) is 0 Å². The molecule has 0 aromatic carbocycles. The molecule has 0 aromatic rings. The normalized spacial score (nSPS) is 52.1. The van der Waals surface area contributed by atoms with Gasteiger partial charge in [-0.2, -0.15) is 0 Å². The van der Waals surface area contributed by atoms with E-state index in [1.54, 1.807) is 5.57 Å². The van der Waals surface area contributed by atoms with E-state index in [0.717, 1.165) is 37.0 Å². The quantitative estimate of drug-likeness (QED) is 0.519. The maximum Gasteiger partial charge on any atom is 0.130 e. The Morgan fingerprint density at radius 3 is 2.86 bits per heavy atom. The molecule has 1 heteroatoms. The first kappa shape index (κ1) is 13.9. The van der Waals surface area contributed by atoms with Gasteiger partial charge < -0.3 is 5.11 Å². The van der Waals surface area contributed by atoms with E-state index < -0.39 is 5.60 Å². The van der Waals surface area contributed by atoms with Crippen LogP contribution in [0.1, 0.15) is 64.7 Å². The average Bonchev–Trinajstić information content (AvgIpc) is 2.79. The smallest absolute Gasteiger partial charge is 0.130 e. The minimum absolute atomic E-state index is 0.0290. The molecule has 1 unspecified atom stereocenters. The maximum absolute atomic E-state index is 10.9. The van der Waals surface area contributed by atoms with Crippen LogP contribution in [0.5, 0.6) is 0 Å². The first-order chi connectivity index (χ1) is 10.1. The van der Waals surface area contributed by atoms with Crippen molar-refractivity contribution in [3.8, 4) is 12.3 Å². The molecule has 0 spiro atoms. The lowest BCUT2D eigenvalue weighted by atomic mass is 9.50. The minimum atomic E-state index is -0.842. The maximum atomic E-state index is 10.9. The summed E-state index contributed by atoms with van der Waals surface area (Å²) in [4.78, 5) is 0. The molecule has 6 atom stereocenters. The van der Waals surface area contributed by atoms with Crippen LogP contribution in [0, 0.1) is 41.4 Å². The van der Waals surface area contributed by atoms with Gasteiger partial charge in [0.15, 0.2) is 0 Å². The lowest BCUT2D eigenvalue weighted by molar-refractivity contribution is -0.0857. The first-order valence-corrected chi connectivity index (χ1v) is 8.98. The molecule has 0 aromatic heterocycles. The van der Waals surface area contributed by atoms with Crippen molar-refractivity contribution in [1.82, 2.24) is 0 Å². The standard InChI is InChI=1S/C20H28O/c1-3-20(21)13-11-18-17-9-8-14-6-4-5-7-15(14)16(17)10-12-19(18,20)2/h1,6,15-18,21H,4-5,7-13H2,2H3/t15-,16+,17+,18-,19-,20?/m0/s1. The zero-order chi connectivity index (χ0) is 14.7. The predicted octanol–water partition coefficient (Wildman–Crippen LogP) is 4.31.